The van der Waals surface area contributed by atoms with Crippen molar-refractivity contribution in [1.82, 2.24) is 14.7 Å². The van der Waals surface area contributed by atoms with E-state index in [0.29, 0.717) is 18.4 Å². The van der Waals surface area contributed by atoms with E-state index in [9.17, 15) is 4.79 Å². The molecule has 1 amide bonds. The number of rotatable bonds is 4. The Morgan fingerprint density at radius 1 is 1.50 bits per heavy atom. The molecule has 0 radical (unpaired) electrons. The van der Waals surface area contributed by atoms with E-state index in [1.807, 2.05) is 31.3 Å². The summed E-state index contributed by atoms with van der Waals surface area (Å²) in [4.78, 5) is 14.7. The number of aryl methyl sites for hydroxylation is 1. The quantitative estimate of drug-likeness (QED) is 0.897. The first-order valence-corrected chi connectivity index (χ1v) is 7.62. The number of aromatic nitrogens is 2. The summed E-state index contributed by atoms with van der Waals surface area (Å²) < 4.78 is 1.77. The van der Waals surface area contributed by atoms with Gasteiger partial charge in [0.15, 0.2) is 0 Å². The largest absolute Gasteiger partial charge is 0.338 e. The highest BCUT2D eigenvalue weighted by atomic mass is 16.2. The maximum Gasteiger partial charge on any atom is 0.227 e. The number of hydrogen-bond donors (Lipinski definition) is 1. The summed E-state index contributed by atoms with van der Waals surface area (Å²) in [7, 11) is 1.90. The normalized spacial score (nSPS) is 31.8. The fraction of sp³-hybridized carbons (Fsp3) is 0.733. The third-order valence-corrected chi connectivity index (χ3v) is 5.09. The lowest BCUT2D eigenvalue weighted by Gasteiger charge is -2.32. The Balaban J connectivity index is 1.71. The van der Waals surface area contributed by atoms with Gasteiger partial charge in [-0.3, -0.25) is 9.48 Å². The summed E-state index contributed by atoms with van der Waals surface area (Å²) in [5.41, 5.74) is 7.37. The topological polar surface area (TPSA) is 64.2 Å². The van der Waals surface area contributed by atoms with Crippen molar-refractivity contribution in [1.29, 1.82) is 0 Å². The van der Waals surface area contributed by atoms with Gasteiger partial charge in [0.05, 0.1) is 12.1 Å². The molecule has 0 saturated heterocycles. The molecule has 2 N–H and O–H groups in total. The molecule has 4 atom stereocenters. The van der Waals surface area contributed by atoms with Crippen LogP contribution in [0.2, 0.25) is 0 Å². The van der Waals surface area contributed by atoms with Gasteiger partial charge in [0, 0.05) is 37.9 Å². The third-order valence-electron chi connectivity index (χ3n) is 5.09. The Labute approximate surface area is 120 Å². The summed E-state index contributed by atoms with van der Waals surface area (Å²) in [6.45, 7) is 3.41. The second-order valence-electron chi connectivity index (χ2n) is 6.31. The van der Waals surface area contributed by atoms with Crippen LogP contribution >= 0.6 is 0 Å². The van der Waals surface area contributed by atoms with Crippen LogP contribution in [0.3, 0.4) is 0 Å². The van der Waals surface area contributed by atoms with Crippen LogP contribution in [0.25, 0.3) is 0 Å². The highest BCUT2D eigenvalue weighted by molar-refractivity contribution is 5.80. The molecule has 2 bridgehead atoms. The number of carbonyl (C=O) groups is 1. The Morgan fingerprint density at radius 3 is 2.80 bits per heavy atom. The first kappa shape index (κ1) is 13.6. The zero-order chi connectivity index (χ0) is 14.3. The van der Waals surface area contributed by atoms with Gasteiger partial charge in [0.1, 0.15) is 0 Å². The molecule has 2 aliphatic carbocycles. The van der Waals surface area contributed by atoms with E-state index in [4.69, 9.17) is 5.73 Å². The number of carbonyl (C=O) groups excluding carboxylic acids is 1. The van der Waals surface area contributed by atoms with Gasteiger partial charge in [-0.15, -0.1) is 0 Å². The molecule has 110 valence electrons. The molecule has 1 heterocycles. The molecule has 0 aliphatic heterocycles. The van der Waals surface area contributed by atoms with Gasteiger partial charge < -0.3 is 10.6 Å². The fourth-order valence-corrected chi connectivity index (χ4v) is 4.03. The molecule has 0 spiro atoms. The van der Waals surface area contributed by atoms with E-state index in [1.54, 1.807) is 4.68 Å². The van der Waals surface area contributed by atoms with Crippen LogP contribution < -0.4 is 5.73 Å². The predicted octanol–water partition coefficient (Wildman–Crippen LogP) is 1.14. The summed E-state index contributed by atoms with van der Waals surface area (Å²) in [6.07, 6.45) is 7.35. The average Bonchev–Trinajstić information content (AvgIpc) is 3.11. The predicted molar refractivity (Wildman–Crippen MR) is 76.6 cm³/mol. The lowest BCUT2D eigenvalue weighted by molar-refractivity contribution is -0.138. The SMILES string of the molecule is CCN(Cc1cnn(C)c1)C(=O)C1C2CCC(C2)C1N. The molecule has 3 rings (SSSR count). The number of fused-ring (bicyclic) bond motifs is 2. The maximum absolute atomic E-state index is 12.8. The van der Waals surface area contributed by atoms with E-state index in [-0.39, 0.29) is 17.9 Å². The van der Waals surface area contributed by atoms with Crippen LogP contribution in [-0.4, -0.2) is 33.2 Å². The van der Waals surface area contributed by atoms with E-state index in [1.165, 1.54) is 12.8 Å². The molecule has 5 heteroatoms. The molecule has 20 heavy (non-hydrogen) atoms. The molecule has 4 unspecified atom stereocenters. The van der Waals surface area contributed by atoms with Gasteiger partial charge in [0.2, 0.25) is 5.91 Å². The van der Waals surface area contributed by atoms with Crippen molar-refractivity contribution in [3.05, 3.63) is 18.0 Å². The molecule has 1 aromatic rings. The first-order chi connectivity index (χ1) is 9.60. The smallest absolute Gasteiger partial charge is 0.227 e. The second-order valence-corrected chi connectivity index (χ2v) is 6.31. The highest BCUT2D eigenvalue weighted by Gasteiger charge is 2.49. The fourth-order valence-electron chi connectivity index (χ4n) is 4.03. The number of amides is 1. The minimum atomic E-state index is 0.0466. The van der Waals surface area contributed by atoms with Crippen LogP contribution in [0.1, 0.15) is 31.7 Å². The van der Waals surface area contributed by atoms with Gasteiger partial charge in [0.25, 0.3) is 0 Å². The van der Waals surface area contributed by atoms with Crippen molar-refractivity contribution in [3.8, 4) is 0 Å². The number of nitrogens with two attached hydrogens (primary N) is 1. The lowest BCUT2D eigenvalue weighted by atomic mass is 9.84. The van der Waals surface area contributed by atoms with Crippen molar-refractivity contribution in [2.75, 3.05) is 6.54 Å². The van der Waals surface area contributed by atoms with Crippen molar-refractivity contribution in [2.24, 2.45) is 30.5 Å². The van der Waals surface area contributed by atoms with Crippen LogP contribution in [0, 0.1) is 17.8 Å². The Bertz CT molecular complexity index is 496. The molecule has 1 aromatic heterocycles. The monoisotopic (exact) mass is 276 g/mol. The summed E-state index contributed by atoms with van der Waals surface area (Å²) in [5.74, 6) is 1.39. The van der Waals surface area contributed by atoms with Crippen molar-refractivity contribution >= 4 is 5.91 Å². The van der Waals surface area contributed by atoms with Crippen LogP contribution in [0.4, 0.5) is 0 Å². The van der Waals surface area contributed by atoms with Crippen molar-refractivity contribution < 1.29 is 4.79 Å². The van der Waals surface area contributed by atoms with Gasteiger partial charge in [-0.05, 0) is 38.0 Å². The van der Waals surface area contributed by atoms with Gasteiger partial charge >= 0.3 is 0 Å². The van der Waals surface area contributed by atoms with Crippen molar-refractivity contribution in [3.63, 3.8) is 0 Å². The molecule has 2 aliphatic rings. The summed E-state index contributed by atoms with van der Waals surface area (Å²) >= 11 is 0. The number of hydrogen-bond acceptors (Lipinski definition) is 3. The van der Waals surface area contributed by atoms with E-state index >= 15 is 0 Å². The standard InChI is InChI=1S/C15H24N4O/c1-3-19(9-10-7-17-18(2)8-10)15(20)13-11-4-5-12(6-11)14(13)16/h7-8,11-14H,3-6,9,16H2,1-2H3. The van der Waals surface area contributed by atoms with E-state index < -0.39 is 0 Å². The molecular formula is C15H24N4O. The number of nitrogens with zero attached hydrogens (tertiary/aromatic N) is 3. The molecule has 2 fully saturated rings. The zero-order valence-corrected chi connectivity index (χ0v) is 12.3. The van der Waals surface area contributed by atoms with Gasteiger partial charge in [-0.2, -0.15) is 5.10 Å². The van der Waals surface area contributed by atoms with Gasteiger partial charge in [-0.25, -0.2) is 0 Å². The van der Waals surface area contributed by atoms with Crippen LogP contribution in [0.5, 0.6) is 0 Å². The second kappa shape index (κ2) is 5.20. The highest BCUT2D eigenvalue weighted by Crippen LogP contribution is 2.48. The van der Waals surface area contributed by atoms with E-state index in [2.05, 4.69) is 5.10 Å². The first-order valence-electron chi connectivity index (χ1n) is 7.62. The van der Waals surface area contributed by atoms with E-state index in [0.717, 1.165) is 18.5 Å². The van der Waals surface area contributed by atoms with Crippen LogP contribution in [0.15, 0.2) is 12.4 Å². The minimum Gasteiger partial charge on any atom is -0.338 e. The summed E-state index contributed by atoms with van der Waals surface area (Å²) in [5, 5.41) is 4.17. The molecule has 0 aromatic carbocycles. The maximum atomic E-state index is 12.8. The molecule has 2 saturated carbocycles. The third kappa shape index (κ3) is 2.24. The Hall–Kier alpha value is -1.36. The minimum absolute atomic E-state index is 0.0466. The Morgan fingerprint density at radius 2 is 2.25 bits per heavy atom. The zero-order valence-electron chi connectivity index (χ0n) is 12.3. The molecular weight excluding hydrogens is 252 g/mol. The lowest BCUT2D eigenvalue weighted by Crippen LogP contribution is -2.46. The van der Waals surface area contributed by atoms with Crippen LogP contribution in [-0.2, 0) is 18.4 Å². The Kier molecular flexibility index (Phi) is 3.54. The molecule has 5 nitrogen and oxygen atoms in total. The summed E-state index contributed by atoms with van der Waals surface area (Å²) in [6, 6.07) is 0.0733. The van der Waals surface area contributed by atoms with Gasteiger partial charge in [-0.1, -0.05) is 0 Å². The average molecular weight is 276 g/mol. The van der Waals surface area contributed by atoms with Crippen molar-refractivity contribution in [2.45, 2.75) is 38.8 Å².